The molecule has 1 aliphatic rings. The summed E-state index contributed by atoms with van der Waals surface area (Å²) in [6.07, 6.45) is 37.5. The number of hydrogen-bond donors (Lipinski definition) is 1. The second-order valence-electron chi connectivity index (χ2n) is 17.0. The molecule has 53 heavy (non-hydrogen) atoms. The first-order valence-corrected chi connectivity index (χ1v) is 23.6. The summed E-state index contributed by atoms with van der Waals surface area (Å²) in [7, 11) is 0. The molecule has 0 spiro atoms. The quantitative estimate of drug-likeness (QED) is 0.0496. The molecule has 0 aromatic carbocycles. The summed E-state index contributed by atoms with van der Waals surface area (Å²) in [6.45, 7) is 11.7. The Bertz CT molecular complexity index is 767. The first-order valence-electron chi connectivity index (χ1n) is 23.6. The molecule has 2 atom stereocenters. The first-order chi connectivity index (χ1) is 26.0. The number of esters is 2. The van der Waals surface area contributed by atoms with E-state index in [1.807, 2.05) is 0 Å². The Morgan fingerprint density at radius 3 is 1.25 bits per heavy atom. The summed E-state index contributed by atoms with van der Waals surface area (Å²) < 4.78 is 12.0. The third kappa shape index (κ3) is 28.9. The fourth-order valence-corrected chi connectivity index (χ4v) is 8.17. The second-order valence-corrected chi connectivity index (χ2v) is 17.0. The van der Waals surface area contributed by atoms with E-state index in [2.05, 4.69) is 32.6 Å². The minimum Gasteiger partial charge on any atom is -0.465 e. The van der Waals surface area contributed by atoms with Gasteiger partial charge in [0, 0.05) is 31.3 Å². The smallest absolute Gasteiger partial charge is 0.306 e. The van der Waals surface area contributed by atoms with Crippen LogP contribution in [-0.2, 0) is 19.1 Å². The predicted octanol–water partition coefficient (Wildman–Crippen LogP) is 13.2. The third-order valence-electron chi connectivity index (χ3n) is 12.0. The Kier molecular flexibility index (Phi) is 34.3. The number of rotatable bonds is 40. The molecule has 6 nitrogen and oxygen atoms in total. The molecule has 1 fully saturated rings. The molecule has 314 valence electrons. The van der Waals surface area contributed by atoms with Gasteiger partial charge in [-0.1, -0.05) is 169 Å². The highest BCUT2D eigenvalue weighted by Gasteiger charge is 2.25. The molecule has 1 saturated carbocycles. The van der Waals surface area contributed by atoms with Crippen molar-refractivity contribution in [2.45, 2.75) is 239 Å². The number of carbonyl (C=O) groups is 2. The fraction of sp³-hybridized carbons (Fsp3) is 0.957. The minimum absolute atomic E-state index is 0.0287. The van der Waals surface area contributed by atoms with Crippen LogP contribution in [0.5, 0.6) is 0 Å². The maximum absolute atomic E-state index is 13.3. The van der Waals surface area contributed by atoms with Crippen LogP contribution in [0.4, 0.5) is 0 Å². The van der Waals surface area contributed by atoms with Crippen molar-refractivity contribution < 1.29 is 24.2 Å². The number of ether oxygens (including phenoxy) is 2. The third-order valence-corrected chi connectivity index (χ3v) is 12.0. The zero-order chi connectivity index (χ0) is 38.6. The second kappa shape index (κ2) is 36.5. The zero-order valence-corrected chi connectivity index (χ0v) is 36.0. The van der Waals surface area contributed by atoms with Crippen molar-refractivity contribution in [3.8, 4) is 0 Å². The van der Waals surface area contributed by atoms with Gasteiger partial charge in [0.1, 0.15) is 0 Å². The number of unbranched alkanes of at least 4 members (excludes halogenated alkanes) is 17. The molecule has 1 N–H and O–H groups in total. The van der Waals surface area contributed by atoms with E-state index in [1.54, 1.807) is 0 Å². The molecule has 6 heteroatoms. The van der Waals surface area contributed by atoms with Crippen molar-refractivity contribution >= 4 is 11.9 Å². The lowest BCUT2D eigenvalue weighted by atomic mass is 9.91. The van der Waals surface area contributed by atoms with E-state index in [1.165, 1.54) is 148 Å². The molecule has 0 aromatic heterocycles. The number of aliphatic hydroxyl groups excluding tert-OH is 1. The van der Waals surface area contributed by atoms with Crippen LogP contribution >= 0.6 is 0 Å². The molecule has 0 heterocycles. The average Bonchev–Trinajstić information content (AvgIpc) is 3.12. The molecular weight excluding hydrogens is 659 g/mol. The molecule has 1 aliphatic carbocycles. The van der Waals surface area contributed by atoms with Crippen molar-refractivity contribution in [2.24, 2.45) is 17.8 Å². The van der Waals surface area contributed by atoms with Crippen LogP contribution in [0.15, 0.2) is 0 Å². The Morgan fingerprint density at radius 1 is 0.509 bits per heavy atom. The Morgan fingerprint density at radius 2 is 0.868 bits per heavy atom. The van der Waals surface area contributed by atoms with Gasteiger partial charge in [-0.15, -0.1) is 0 Å². The monoisotopic (exact) mass is 750 g/mol. The molecule has 0 radical (unpaired) electrons. The van der Waals surface area contributed by atoms with Crippen LogP contribution in [0.1, 0.15) is 233 Å². The summed E-state index contributed by atoms with van der Waals surface area (Å²) in [6, 6.07) is 0.623. The van der Waals surface area contributed by atoms with E-state index in [9.17, 15) is 14.7 Å². The van der Waals surface area contributed by atoms with Crippen LogP contribution in [-0.4, -0.2) is 60.9 Å². The van der Waals surface area contributed by atoms with E-state index in [0.717, 1.165) is 58.0 Å². The van der Waals surface area contributed by atoms with Gasteiger partial charge in [-0.3, -0.25) is 14.5 Å². The van der Waals surface area contributed by atoms with Gasteiger partial charge in [-0.05, 0) is 69.7 Å². The maximum atomic E-state index is 13.3. The molecule has 1 rings (SSSR count). The molecular formula is C47H91NO5. The molecule has 0 aliphatic heterocycles. The molecule has 0 saturated heterocycles. The maximum Gasteiger partial charge on any atom is 0.306 e. The summed E-state index contributed by atoms with van der Waals surface area (Å²) in [5.41, 5.74) is 0. The van der Waals surface area contributed by atoms with Crippen LogP contribution in [0.3, 0.4) is 0 Å². The number of hydrogen-bond acceptors (Lipinski definition) is 6. The van der Waals surface area contributed by atoms with Crippen molar-refractivity contribution in [2.75, 3.05) is 32.9 Å². The van der Waals surface area contributed by atoms with Gasteiger partial charge >= 0.3 is 11.9 Å². The van der Waals surface area contributed by atoms with Crippen LogP contribution in [0.2, 0.25) is 0 Å². The minimum atomic E-state index is -0.0713. The van der Waals surface area contributed by atoms with Crippen molar-refractivity contribution in [3.63, 3.8) is 0 Å². The van der Waals surface area contributed by atoms with E-state index in [4.69, 9.17) is 9.47 Å². The number of carbonyl (C=O) groups excluding carboxylic acids is 2. The standard InChI is InChI=1S/C47H91NO5/c1-5-9-13-17-19-23-30-42(28-21-15-11-7-3)38-46(50)52-40-44(32-25-26-35-48(36-37-49)45-33-27-34-45)41-53-47(51)39-43(29-22-16-12-8-4)31-24-20-18-14-10-6-2/h42-45,49H,5-41H2,1-4H3. The lowest BCUT2D eigenvalue weighted by Crippen LogP contribution is -2.42. The van der Waals surface area contributed by atoms with Gasteiger partial charge in [0.15, 0.2) is 0 Å². The molecule has 2 unspecified atom stereocenters. The van der Waals surface area contributed by atoms with Crippen molar-refractivity contribution in [3.05, 3.63) is 0 Å². The Balaban J connectivity index is 2.75. The van der Waals surface area contributed by atoms with Gasteiger partial charge in [-0.2, -0.15) is 0 Å². The Labute approximate surface area is 330 Å². The normalized spacial score (nSPS) is 15.0. The van der Waals surface area contributed by atoms with Gasteiger partial charge in [0.25, 0.3) is 0 Å². The van der Waals surface area contributed by atoms with Crippen molar-refractivity contribution in [1.82, 2.24) is 4.90 Å². The zero-order valence-electron chi connectivity index (χ0n) is 36.0. The molecule has 0 bridgehead atoms. The Hall–Kier alpha value is -1.14. The number of nitrogens with zero attached hydrogens (tertiary/aromatic N) is 1. The topological polar surface area (TPSA) is 76.1 Å². The molecule has 0 amide bonds. The fourth-order valence-electron chi connectivity index (χ4n) is 8.17. The average molecular weight is 750 g/mol. The first kappa shape index (κ1) is 49.9. The van der Waals surface area contributed by atoms with E-state index < -0.39 is 0 Å². The highest BCUT2D eigenvalue weighted by Crippen LogP contribution is 2.27. The van der Waals surface area contributed by atoms with Crippen LogP contribution in [0, 0.1) is 17.8 Å². The lowest BCUT2D eigenvalue weighted by Gasteiger charge is -2.37. The highest BCUT2D eigenvalue weighted by atomic mass is 16.5. The number of aliphatic hydroxyl groups is 1. The van der Waals surface area contributed by atoms with E-state index in [0.29, 0.717) is 43.9 Å². The lowest BCUT2D eigenvalue weighted by molar-refractivity contribution is -0.150. The summed E-state index contributed by atoms with van der Waals surface area (Å²) in [4.78, 5) is 29.0. The SMILES string of the molecule is CCCCCCCCC(CCCCCC)CC(=O)OCC(CCCCN(CCO)C1CCC1)COC(=O)CC(CCCCCC)CCCCCCCC. The summed E-state index contributed by atoms with van der Waals surface area (Å²) in [5.74, 6) is 0.704. The molecule has 0 aromatic rings. The van der Waals surface area contributed by atoms with Gasteiger partial charge in [-0.25, -0.2) is 0 Å². The highest BCUT2D eigenvalue weighted by molar-refractivity contribution is 5.70. The van der Waals surface area contributed by atoms with Crippen LogP contribution in [0.25, 0.3) is 0 Å². The van der Waals surface area contributed by atoms with E-state index in [-0.39, 0.29) is 24.5 Å². The largest absolute Gasteiger partial charge is 0.465 e. The summed E-state index contributed by atoms with van der Waals surface area (Å²) >= 11 is 0. The van der Waals surface area contributed by atoms with Gasteiger partial charge in [0.2, 0.25) is 0 Å². The van der Waals surface area contributed by atoms with Gasteiger partial charge < -0.3 is 14.6 Å². The van der Waals surface area contributed by atoms with Crippen molar-refractivity contribution in [1.29, 1.82) is 0 Å². The summed E-state index contributed by atoms with van der Waals surface area (Å²) in [5, 5.41) is 9.61. The van der Waals surface area contributed by atoms with Crippen LogP contribution < -0.4 is 0 Å². The van der Waals surface area contributed by atoms with E-state index >= 15 is 0 Å². The van der Waals surface area contributed by atoms with Gasteiger partial charge in [0.05, 0.1) is 19.8 Å². The predicted molar refractivity (Wildman–Crippen MR) is 225 cm³/mol.